The first-order valence-corrected chi connectivity index (χ1v) is 4.92. The van der Waals surface area contributed by atoms with Gasteiger partial charge in [0.2, 0.25) is 5.89 Å². The molecule has 0 spiro atoms. The summed E-state index contributed by atoms with van der Waals surface area (Å²) < 4.78 is 4.84. The number of hydrogen-bond acceptors (Lipinski definition) is 6. The molecule has 16 heavy (non-hydrogen) atoms. The molecule has 0 aliphatic heterocycles. The second-order valence-electron chi connectivity index (χ2n) is 3.74. The topological polar surface area (TPSA) is 82.7 Å². The maximum absolute atomic E-state index is 10.7. The molecule has 0 aromatic carbocycles. The van der Waals surface area contributed by atoms with Gasteiger partial charge >= 0.3 is 5.97 Å². The van der Waals surface area contributed by atoms with E-state index in [1.165, 1.54) is 6.33 Å². The summed E-state index contributed by atoms with van der Waals surface area (Å²) in [6.45, 7) is 1.75. The van der Waals surface area contributed by atoms with Crippen molar-refractivity contribution < 1.29 is 14.4 Å². The number of likely N-dealkylation sites (N-methyl/N-ethyl adjacent to an activating group) is 1. The van der Waals surface area contributed by atoms with Crippen LogP contribution in [0.25, 0.3) is 0 Å². The molecule has 7 nitrogen and oxygen atoms in total. The molecule has 0 saturated heterocycles. The Kier molecular flexibility index (Phi) is 4.87. The molecule has 7 heteroatoms. The molecule has 0 aliphatic rings. The summed E-state index contributed by atoms with van der Waals surface area (Å²) in [6.07, 6.45) is 1.31. The van der Waals surface area contributed by atoms with E-state index in [9.17, 15) is 4.79 Å². The fraction of sp³-hybridized carbons (Fsp3) is 0.667. The molecule has 0 bridgehead atoms. The van der Waals surface area contributed by atoms with Gasteiger partial charge in [0.15, 0.2) is 6.33 Å². The van der Waals surface area contributed by atoms with Gasteiger partial charge in [0.05, 0.1) is 13.1 Å². The van der Waals surface area contributed by atoms with Crippen molar-refractivity contribution in [3.8, 4) is 0 Å². The molecular formula is C9H16N4O3. The van der Waals surface area contributed by atoms with E-state index in [2.05, 4.69) is 10.1 Å². The van der Waals surface area contributed by atoms with Gasteiger partial charge in [0.25, 0.3) is 0 Å². The molecule has 1 N–H and O–H groups in total. The highest BCUT2D eigenvalue weighted by Gasteiger charge is 2.13. The molecule has 1 heterocycles. The third-order valence-electron chi connectivity index (χ3n) is 1.99. The Morgan fingerprint density at radius 3 is 2.75 bits per heavy atom. The van der Waals surface area contributed by atoms with Gasteiger partial charge in [-0.25, -0.2) is 0 Å². The average molecular weight is 228 g/mol. The molecule has 0 atom stereocenters. The average Bonchev–Trinajstić information content (AvgIpc) is 2.66. The van der Waals surface area contributed by atoms with E-state index in [1.54, 1.807) is 4.90 Å². The lowest BCUT2D eigenvalue weighted by Crippen LogP contribution is -2.35. The molecule has 0 fully saturated rings. The standard InChI is InChI=1S/C9H16N4O3/c1-12(2)3-4-13(6-9(14)15)5-8-10-7-11-16-8/h7H,3-6H2,1-2H3,(H,14,15). The third kappa shape index (κ3) is 4.85. The number of carbonyl (C=O) groups is 1. The van der Waals surface area contributed by atoms with Crippen LogP contribution in [0.5, 0.6) is 0 Å². The van der Waals surface area contributed by atoms with E-state index in [1.807, 2.05) is 19.0 Å². The van der Waals surface area contributed by atoms with Gasteiger partial charge in [-0.1, -0.05) is 5.16 Å². The number of rotatable bonds is 7. The first-order chi connectivity index (χ1) is 7.58. The van der Waals surface area contributed by atoms with Gasteiger partial charge in [-0.2, -0.15) is 4.98 Å². The fourth-order valence-electron chi connectivity index (χ4n) is 1.20. The van der Waals surface area contributed by atoms with Crippen LogP contribution >= 0.6 is 0 Å². The summed E-state index contributed by atoms with van der Waals surface area (Å²) in [7, 11) is 3.87. The van der Waals surface area contributed by atoms with Crippen molar-refractivity contribution in [1.29, 1.82) is 0 Å². The number of aliphatic carboxylic acids is 1. The van der Waals surface area contributed by atoms with Gasteiger partial charge in [0, 0.05) is 13.1 Å². The molecule has 1 aromatic rings. The summed E-state index contributed by atoms with van der Waals surface area (Å²) >= 11 is 0. The molecule has 1 rings (SSSR count). The van der Waals surface area contributed by atoms with Gasteiger partial charge in [-0.3, -0.25) is 9.69 Å². The zero-order valence-electron chi connectivity index (χ0n) is 9.46. The second kappa shape index (κ2) is 6.19. The van der Waals surface area contributed by atoms with Crippen LogP contribution in [0.1, 0.15) is 5.89 Å². The van der Waals surface area contributed by atoms with Crippen molar-refractivity contribution in [3.63, 3.8) is 0 Å². The minimum absolute atomic E-state index is 0.0315. The van der Waals surface area contributed by atoms with Gasteiger partial charge in [-0.05, 0) is 14.1 Å². The van der Waals surface area contributed by atoms with Crippen LogP contribution in [-0.2, 0) is 11.3 Å². The first kappa shape index (κ1) is 12.6. The first-order valence-electron chi connectivity index (χ1n) is 4.92. The predicted molar refractivity (Wildman–Crippen MR) is 55.8 cm³/mol. The van der Waals surface area contributed by atoms with Crippen LogP contribution in [0, 0.1) is 0 Å². The Morgan fingerprint density at radius 1 is 1.50 bits per heavy atom. The van der Waals surface area contributed by atoms with E-state index in [-0.39, 0.29) is 6.54 Å². The zero-order valence-corrected chi connectivity index (χ0v) is 9.46. The highest BCUT2D eigenvalue weighted by Crippen LogP contribution is 1.99. The van der Waals surface area contributed by atoms with Crippen molar-refractivity contribution >= 4 is 5.97 Å². The SMILES string of the molecule is CN(C)CCN(CC(=O)O)Cc1ncno1. The van der Waals surface area contributed by atoms with Crippen LogP contribution in [0.4, 0.5) is 0 Å². The molecule has 90 valence electrons. The molecule has 0 unspecified atom stereocenters. The fourth-order valence-corrected chi connectivity index (χ4v) is 1.20. The number of hydrogen-bond donors (Lipinski definition) is 1. The van der Waals surface area contributed by atoms with Gasteiger partial charge < -0.3 is 14.5 Å². The van der Waals surface area contributed by atoms with Crippen LogP contribution in [0.15, 0.2) is 10.9 Å². The quantitative estimate of drug-likeness (QED) is 0.674. The predicted octanol–water partition coefficient (Wildman–Crippen LogP) is -0.482. The Labute approximate surface area is 93.6 Å². The number of aromatic nitrogens is 2. The molecular weight excluding hydrogens is 212 g/mol. The Morgan fingerprint density at radius 2 is 2.25 bits per heavy atom. The van der Waals surface area contributed by atoms with Crippen molar-refractivity contribution in [2.75, 3.05) is 33.7 Å². The molecule has 0 amide bonds. The lowest BCUT2D eigenvalue weighted by molar-refractivity contribution is -0.138. The second-order valence-corrected chi connectivity index (χ2v) is 3.74. The summed E-state index contributed by atoms with van der Waals surface area (Å²) in [5, 5.41) is 12.2. The minimum atomic E-state index is -0.863. The lowest BCUT2D eigenvalue weighted by atomic mass is 10.4. The van der Waals surface area contributed by atoms with E-state index < -0.39 is 5.97 Å². The lowest BCUT2D eigenvalue weighted by Gasteiger charge is -2.20. The monoisotopic (exact) mass is 228 g/mol. The number of nitrogens with zero attached hydrogens (tertiary/aromatic N) is 4. The Balaban J connectivity index is 2.46. The molecule has 0 radical (unpaired) electrons. The summed E-state index contributed by atoms with van der Waals surface area (Å²) in [4.78, 5) is 18.3. The van der Waals surface area contributed by atoms with Crippen LogP contribution in [0.3, 0.4) is 0 Å². The Hall–Kier alpha value is -1.47. The normalized spacial score (nSPS) is 11.2. The smallest absolute Gasteiger partial charge is 0.317 e. The van der Waals surface area contributed by atoms with Crippen molar-refractivity contribution in [2.24, 2.45) is 0 Å². The zero-order chi connectivity index (χ0) is 12.0. The summed E-state index contributed by atoms with van der Waals surface area (Å²) in [6, 6.07) is 0. The van der Waals surface area contributed by atoms with Gasteiger partial charge in [-0.15, -0.1) is 0 Å². The maximum Gasteiger partial charge on any atom is 0.317 e. The maximum atomic E-state index is 10.7. The van der Waals surface area contributed by atoms with E-state index in [0.29, 0.717) is 19.0 Å². The highest BCUT2D eigenvalue weighted by atomic mass is 16.5. The van der Waals surface area contributed by atoms with Gasteiger partial charge in [0.1, 0.15) is 0 Å². The van der Waals surface area contributed by atoms with Crippen LogP contribution < -0.4 is 0 Å². The largest absolute Gasteiger partial charge is 0.480 e. The van der Waals surface area contributed by atoms with Crippen molar-refractivity contribution in [3.05, 3.63) is 12.2 Å². The highest BCUT2D eigenvalue weighted by molar-refractivity contribution is 5.69. The van der Waals surface area contributed by atoms with Crippen LogP contribution in [-0.4, -0.2) is 64.7 Å². The van der Waals surface area contributed by atoms with E-state index in [4.69, 9.17) is 9.63 Å². The van der Waals surface area contributed by atoms with E-state index in [0.717, 1.165) is 6.54 Å². The van der Waals surface area contributed by atoms with Crippen molar-refractivity contribution in [1.82, 2.24) is 19.9 Å². The Bertz CT molecular complexity index is 313. The minimum Gasteiger partial charge on any atom is -0.480 e. The number of carboxylic acid groups (broad SMARTS) is 1. The van der Waals surface area contributed by atoms with E-state index >= 15 is 0 Å². The molecule has 0 aliphatic carbocycles. The molecule has 0 saturated carbocycles. The van der Waals surface area contributed by atoms with Crippen molar-refractivity contribution in [2.45, 2.75) is 6.54 Å². The third-order valence-corrected chi connectivity index (χ3v) is 1.99. The molecule has 1 aromatic heterocycles. The number of carboxylic acids is 1. The van der Waals surface area contributed by atoms with Crippen LogP contribution in [0.2, 0.25) is 0 Å². The summed E-state index contributed by atoms with van der Waals surface area (Å²) in [5.74, 6) is -0.432. The summed E-state index contributed by atoms with van der Waals surface area (Å²) in [5.41, 5.74) is 0.